The Morgan fingerprint density at radius 1 is 1.07 bits per heavy atom. The summed E-state index contributed by atoms with van der Waals surface area (Å²) in [5.41, 5.74) is 7.51. The molecule has 0 amide bonds. The molecule has 1 unspecified atom stereocenters. The Labute approximate surface area is 163 Å². The Hall–Kier alpha value is -2.16. The van der Waals surface area contributed by atoms with E-state index < -0.39 is 5.97 Å². The average molecular weight is 366 g/mol. The molecule has 0 saturated heterocycles. The minimum Gasteiger partial charge on any atom is -0.464 e. The zero-order chi connectivity index (χ0) is 20.0. The molecule has 3 rings (SSSR count). The van der Waals surface area contributed by atoms with Gasteiger partial charge in [0.2, 0.25) is 0 Å². The molecule has 0 bridgehead atoms. The SMILES string of the molecule is COC(=O)c1ccc(C(C)c2cc3c(cc2C)C(C)(C)CCC3(C)C)cn1. The molecule has 0 radical (unpaired) electrons. The maximum atomic E-state index is 11.6. The normalized spacial score (nSPS) is 18.5. The van der Waals surface area contributed by atoms with E-state index >= 15 is 0 Å². The lowest BCUT2D eigenvalue weighted by Crippen LogP contribution is -2.34. The summed E-state index contributed by atoms with van der Waals surface area (Å²) in [6, 6.07) is 8.55. The van der Waals surface area contributed by atoms with Crippen LogP contribution in [0, 0.1) is 6.92 Å². The van der Waals surface area contributed by atoms with Crippen LogP contribution in [0.15, 0.2) is 30.5 Å². The van der Waals surface area contributed by atoms with E-state index in [-0.39, 0.29) is 16.7 Å². The summed E-state index contributed by atoms with van der Waals surface area (Å²) in [4.78, 5) is 15.9. The highest BCUT2D eigenvalue weighted by molar-refractivity contribution is 5.87. The van der Waals surface area contributed by atoms with Gasteiger partial charge in [0.05, 0.1) is 7.11 Å². The maximum absolute atomic E-state index is 11.6. The Kier molecular flexibility index (Phi) is 4.92. The number of carbonyl (C=O) groups is 1. The molecule has 3 nitrogen and oxygen atoms in total. The predicted octanol–water partition coefficient (Wildman–Crippen LogP) is 5.68. The van der Waals surface area contributed by atoms with Crippen LogP contribution in [0.2, 0.25) is 0 Å². The third kappa shape index (κ3) is 3.52. The van der Waals surface area contributed by atoms with Crippen molar-refractivity contribution in [3.63, 3.8) is 0 Å². The largest absolute Gasteiger partial charge is 0.464 e. The van der Waals surface area contributed by atoms with Crippen molar-refractivity contribution in [2.45, 2.75) is 71.1 Å². The maximum Gasteiger partial charge on any atom is 0.356 e. The van der Waals surface area contributed by atoms with E-state index in [9.17, 15) is 4.79 Å². The summed E-state index contributed by atoms with van der Waals surface area (Å²) < 4.78 is 4.74. The van der Waals surface area contributed by atoms with Crippen LogP contribution in [0.1, 0.15) is 91.7 Å². The Balaban J connectivity index is 2.03. The van der Waals surface area contributed by atoms with Gasteiger partial charge in [-0.25, -0.2) is 9.78 Å². The summed E-state index contributed by atoms with van der Waals surface area (Å²) in [7, 11) is 1.38. The number of fused-ring (bicyclic) bond motifs is 1. The van der Waals surface area contributed by atoms with Gasteiger partial charge in [-0.2, -0.15) is 0 Å². The molecule has 3 heteroatoms. The van der Waals surface area contributed by atoms with Crippen LogP contribution < -0.4 is 0 Å². The molecule has 0 aliphatic heterocycles. The van der Waals surface area contributed by atoms with Gasteiger partial charge in [-0.1, -0.05) is 52.8 Å². The molecule has 27 heavy (non-hydrogen) atoms. The number of rotatable bonds is 3. The number of hydrogen-bond donors (Lipinski definition) is 0. The summed E-state index contributed by atoms with van der Waals surface area (Å²) in [6.07, 6.45) is 4.23. The van der Waals surface area contributed by atoms with Crippen molar-refractivity contribution >= 4 is 5.97 Å². The fraction of sp³-hybridized carbons (Fsp3) is 0.500. The molecule has 0 saturated carbocycles. The standard InChI is InChI=1S/C24H31NO2/c1-15-12-19-20(24(5,6)11-10-23(19,3)4)13-18(15)16(2)17-8-9-21(25-14-17)22(26)27-7/h8-9,12-14,16H,10-11H2,1-7H3. The summed E-state index contributed by atoms with van der Waals surface area (Å²) in [6.45, 7) is 13.9. The molecule has 0 spiro atoms. The van der Waals surface area contributed by atoms with E-state index in [4.69, 9.17) is 4.74 Å². The summed E-state index contributed by atoms with van der Waals surface area (Å²) >= 11 is 0. The van der Waals surface area contributed by atoms with E-state index in [0.29, 0.717) is 5.69 Å². The molecule has 1 aromatic carbocycles. The van der Waals surface area contributed by atoms with Crippen molar-refractivity contribution in [1.82, 2.24) is 4.98 Å². The highest BCUT2D eigenvalue weighted by Gasteiger charge is 2.37. The number of pyridine rings is 1. The van der Waals surface area contributed by atoms with E-state index in [2.05, 4.69) is 58.7 Å². The van der Waals surface area contributed by atoms with Gasteiger partial charge in [-0.05, 0) is 64.5 Å². The summed E-state index contributed by atoms with van der Waals surface area (Å²) in [5, 5.41) is 0. The van der Waals surface area contributed by atoms with Gasteiger partial charge in [-0.15, -0.1) is 0 Å². The number of nitrogens with zero attached hydrogens (tertiary/aromatic N) is 1. The third-order valence-electron chi connectivity index (χ3n) is 6.39. The molecule has 144 valence electrons. The molecule has 1 heterocycles. The van der Waals surface area contributed by atoms with Gasteiger partial charge < -0.3 is 4.74 Å². The van der Waals surface area contributed by atoms with Crippen LogP contribution in [0.3, 0.4) is 0 Å². The fourth-order valence-corrected chi connectivity index (χ4v) is 4.27. The molecule has 1 aliphatic carbocycles. The number of methoxy groups -OCH3 is 1. The van der Waals surface area contributed by atoms with Gasteiger partial charge in [0.15, 0.2) is 0 Å². The molecule has 2 aromatic rings. The van der Waals surface area contributed by atoms with Crippen LogP contribution in [-0.4, -0.2) is 18.1 Å². The van der Waals surface area contributed by atoms with Crippen molar-refractivity contribution in [1.29, 1.82) is 0 Å². The zero-order valence-electron chi connectivity index (χ0n) is 17.6. The second-order valence-corrected chi connectivity index (χ2v) is 9.21. The molecule has 1 aromatic heterocycles. The van der Waals surface area contributed by atoms with Crippen molar-refractivity contribution in [3.05, 3.63) is 64.0 Å². The second kappa shape index (κ2) is 6.78. The van der Waals surface area contributed by atoms with E-state index in [0.717, 1.165) is 5.56 Å². The van der Waals surface area contributed by atoms with Crippen LogP contribution >= 0.6 is 0 Å². The fourth-order valence-electron chi connectivity index (χ4n) is 4.27. The second-order valence-electron chi connectivity index (χ2n) is 9.21. The highest BCUT2D eigenvalue weighted by Crippen LogP contribution is 2.47. The molecule has 1 atom stereocenters. The van der Waals surface area contributed by atoms with Gasteiger partial charge in [0.1, 0.15) is 5.69 Å². The van der Waals surface area contributed by atoms with E-state index in [1.165, 1.54) is 42.2 Å². The van der Waals surface area contributed by atoms with Gasteiger partial charge in [0.25, 0.3) is 0 Å². The Morgan fingerprint density at radius 3 is 2.19 bits per heavy atom. The number of hydrogen-bond acceptors (Lipinski definition) is 3. The Morgan fingerprint density at radius 2 is 1.67 bits per heavy atom. The zero-order valence-corrected chi connectivity index (χ0v) is 17.6. The van der Waals surface area contributed by atoms with Crippen LogP contribution in [0.25, 0.3) is 0 Å². The molecular weight excluding hydrogens is 334 g/mol. The lowest BCUT2D eigenvalue weighted by atomic mass is 9.62. The van der Waals surface area contributed by atoms with E-state index in [1.807, 2.05) is 6.07 Å². The first-order valence-electron chi connectivity index (χ1n) is 9.76. The first-order chi connectivity index (χ1) is 12.6. The highest BCUT2D eigenvalue weighted by atomic mass is 16.5. The topological polar surface area (TPSA) is 39.2 Å². The van der Waals surface area contributed by atoms with E-state index in [1.54, 1.807) is 12.3 Å². The van der Waals surface area contributed by atoms with Gasteiger partial charge in [0, 0.05) is 12.1 Å². The molecular formula is C24H31NO2. The van der Waals surface area contributed by atoms with Crippen molar-refractivity contribution in [2.75, 3.05) is 7.11 Å². The molecule has 0 fully saturated rings. The van der Waals surface area contributed by atoms with Crippen LogP contribution in [0.4, 0.5) is 0 Å². The Bertz CT molecular complexity index is 863. The van der Waals surface area contributed by atoms with Crippen LogP contribution in [-0.2, 0) is 15.6 Å². The monoisotopic (exact) mass is 365 g/mol. The number of aromatic nitrogens is 1. The number of aryl methyl sites for hydroxylation is 1. The van der Waals surface area contributed by atoms with Crippen molar-refractivity contribution in [2.24, 2.45) is 0 Å². The minimum atomic E-state index is -0.400. The summed E-state index contributed by atoms with van der Waals surface area (Å²) in [5.74, 6) is -0.182. The molecule has 0 N–H and O–H groups in total. The minimum absolute atomic E-state index is 0.194. The van der Waals surface area contributed by atoms with Crippen molar-refractivity contribution < 1.29 is 9.53 Å². The van der Waals surface area contributed by atoms with Crippen LogP contribution in [0.5, 0.6) is 0 Å². The quantitative estimate of drug-likeness (QED) is 0.657. The number of carbonyl (C=O) groups excluding carboxylic acids is 1. The van der Waals surface area contributed by atoms with Gasteiger partial charge >= 0.3 is 5.97 Å². The number of benzene rings is 1. The third-order valence-corrected chi connectivity index (χ3v) is 6.39. The molecule has 1 aliphatic rings. The predicted molar refractivity (Wildman–Crippen MR) is 110 cm³/mol. The van der Waals surface area contributed by atoms with Gasteiger partial charge in [-0.3, -0.25) is 0 Å². The lowest BCUT2D eigenvalue weighted by molar-refractivity contribution is 0.0594. The number of ether oxygens (including phenoxy) is 1. The lowest BCUT2D eigenvalue weighted by Gasteiger charge is -2.42. The first kappa shape index (κ1) is 19.6. The van der Waals surface area contributed by atoms with Crippen molar-refractivity contribution in [3.8, 4) is 0 Å². The smallest absolute Gasteiger partial charge is 0.356 e. The number of esters is 1. The first-order valence-corrected chi connectivity index (χ1v) is 9.76. The average Bonchev–Trinajstić information content (AvgIpc) is 2.64.